The van der Waals surface area contributed by atoms with Gasteiger partial charge in [0.05, 0.1) is 0 Å². The minimum Gasteiger partial charge on any atom is -0.459 e. The van der Waals surface area contributed by atoms with Gasteiger partial charge in [-0.25, -0.2) is 9.59 Å². The van der Waals surface area contributed by atoms with Gasteiger partial charge >= 0.3 is 18.0 Å². The van der Waals surface area contributed by atoms with E-state index in [1.54, 1.807) is 72.8 Å². The zero-order valence-electron chi connectivity index (χ0n) is 18.4. The standard InChI is InChI=1S/C28H20F2O5/c1-3-27(31)34-22-12-7-19(8-13-22)5-6-20-9-16-24(25(17-20)33-18-26(29)30)21-10-14-23(15-11-21)35-28(32)4-2/h3-18H,1-2H2/b6-5+. The zero-order valence-corrected chi connectivity index (χ0v) is 18.4. The predicted molar refractivity (Wildman–Crippen MR) is 130 cm³/mol. The lowest BCUT2D eigenvalue weighted by molar-refractivity contribution is -0.129. The highest BCUT2D eigenvalue weighted by molar-refractivity contribution is 5.84. The predicted octanol–water partition coefficient (Wildman–Crippen LogP) is 6.82. The quantitative estimate of drug-likeness (QED) is 0.112. The van der Waals surface area contributed by atoms with Crippen molar-refractivity contribution in [1.82, 2.24) is 0 Å². The molecular weight excluding hydrogens is 454 g/mol. The van der Waals surface area contributed by atoms with Crippen LogP contribution in [0.1, 0.15) is 11.1 Å². The Morgan fingerprint density at radius 1 is 0.714 bits per heavy atom. The van der Waals surface area contributed by atoms with Crippen LogP contribution >= 0.6 is 0 Å². The van der Waals surface area contributed by atoms with E-state index in [1.807, 2.05) is 6.08 Å². The van der Waals surface area contributed by atoms with E-state index >= 15 is 0 Å². The molecule has 176 valence electrons. The van der Waals surface area contributed by atoms with E-state index in [4.69, 9.17) is 14.2 Å². The van der Waals surface area contributed by atoms with Gasteiger partial charge in [-0.15, -0.1) is 0 Å². The first kappa shape index (κ1) is 24.9. The highest BCUT2D eigenvalue weighted by Crippen LogP contribution is 2.33. The molecule has 7 heteroatoms. The molecule has 0 unspecified atom stereocenters. The minimum absolute atomic E-state index is 0.211. The summed E-state index contributed by atoms with van der Waals surface area (Å²) in [7, 11) is 0. The summed E-state index contributed by atoms with van der Waals surface area (Å²) in [6.07, 6.45) is 4.13. The van der Waals surface area contributed by atoms with Crippen LogP contribution in [0.5, 0.6) is 17.2 Å². The van der Waals surface area contributed by atoms with E-state index in [0.29, 0.717) is 34.5 Å². The fourth-order valence-electron chi connectivity index (χ4n) is 2.94. The summed E-state index contributed by atoms with van der Waals surface area (Å²) < 4.78 is 40.7. The van der Waals surface area contributed by atoms with Crippen molar-refractivity contribution < 1.29 is 32.6 Å². The van der Waals surface area contributed by atoms with Crippen LogP contribution in [0.4, 0.5) is 8.78 Å². The van der Waals surface area contributed by atoms with Crippen LogP contribution in [0, 0.1) is 0 Å². The second kappa shape index (κ2) is 11.9. The zero-order chi connectivity index (χ0) is 25.2. The average Bonchev–Trinajstić information content (AvgIpc) is 2.87. The second-order valence-corrected chi connectivity index (χ2v) is 6.96. The third-order valence-electron chi connectivity index (χ3n) is 4.56. The van der Waals surface area contributed by atoms with Crippen molar-refractivity contribution in [1.29, 1.82) is 0 Å². The number of esters is 2. The van der Waals surface area contributed by atoms with Crippen molar-refractivity contribution in [3.8, 4) is 28.4 Å². The number of halogens is 2. The molecule has 0 N–H and O–H groups in total. The molecule has 0 aliphatic rings. The molecule has 0 fully saturated rings. The molecule has 0 atom stereocenters. The van der Waals surface area contributed by atoms with Gasteiger partial charge in [0.2, 0.25) is 0 Å². The Morgan fingerprint density at radius 3 is 1.77 bits per heavy atom. The Hall–Kier alpha value is -4.78. The first-order valence-corrected chi connectivity index (χ1v) is 10.3. The molecular formula is C28H20F2O5. The number of carbonyl (C=O) groups excluding carboxylic acids is 2. The maximum Gasteiger partial charge on any atom is 0.335 e. The summed E-state index contributed by atoms with van der Waals surface area (Å²) >= 11 is 0. The molecule has 0 radical (unpaired) electrons. The van der Waals surface area contributed by atoms with Gasteiger partial charge in [0.15, 0.2) is 6.26 Å². The van der Waals surface area contributed by atoms with Crippen LogP contribution in [0.3, 0.4) is 0 Å². The lowest BCUT2D eigenvalue weighted by Crippen LogP contribution is -2.02. The topological polar surface area (TPSA) is 61.8 Å². The molecule has 3 rings (SSSR count). The molecule has 0 spiro atoms. The monoisotopic (exact) mass is 474 g/mol. The molecule has 0 saturated carbocycles. The molecule has 3 aromatic rings. The van der Waals surface area contributed by atoms with Crippen LogP contribution in [0.25, 0.3) is 23.3 Å². The second-order valence-electron chi connectivity index (χ2n) is 6.96. The number of ether oxygens (including phenoxy) is 3. The Balaban J connectivity index is 1.84. The van der Waals surface area contributed by atoms with Crippen molar-refractivity contribution in [3.63, 3.8) is 0 Å². The van der Waals surface area contributed by atoms with Gasteiger partial charge in [-0.3, -0.25) is 0 Å². The Morgan fingerprint density at radius 2 is 1.23 bits per heavy atom. The molecule has 0 amide bonds. The molecule has 0 aromatic heterocycles. The van der Waals surface area contributed by atoms with Crippen LogP contribution < -0.4 is 14.2 Å². The summed E-state index contributed by atoms with van der Waals surface area (Å²) in [4.78, 5) is 22.6. The van der Waals surface area contributed by atoms with Crippen LogP contribution in [0.2, 0.25) is 0 Å². The number of rotatable bonds is 9. The maximum absolute atomic E-state index is 12.7. The number of benzene rings is 3. The first-order valence-electron chi connectivity index (χ1n) is 10.3. The Bertz CT molecular complexity index is 1290. The maximum atomic E-state index is 12.7. The molecule has 0 heterocycles. The molecule has 3 aromatic carbocycles. The Labute approximate surface area is 200 Å². The van der Waals surface area contributed by atoms with Crippen molar-refractivity contribution in [2.24, 2.45) is 0 Å². The highest BCUT2D eigenvalue weighted by atomic mass is 19.3. The number of hydrogen-bond donors (Lipinski definition) is 0. The third-order valence-corrected chi connectivity index (χ3v) is 4.56. The van der Waals surface area contributed by atoms with Gasteiger partial charge in [-0.1, -0.05) is 61.7 Å². The van der Waals surface area contributed by atoms with E-state index in [-0.39, 0.29) is 5.75 Å². The van der Waals surface area contributed by atoms with E-state index < -0.39 is 18.0 Å². The van der Waals surface area contributed by atoms with Gasteiger partial charge in [-0.2, -0.15) is 8.78 Å². The van der Waals surface area contributed by atoms with Crippen LogP contribution in [-0.4, -0.2) is 11.9 Å². The van der Waals surface area contributed by atoms with Gasteiger partial charge in [0, 0.05) is 17.7 Å². The molecule has 35 heavy (non-hydrogen) atoms. The number of carbonyl (C=O) groups is 2. The summed E-state index contributed by atoms with van der Waals surface area (Å²) in [5.41, 5.74) is 2.77. The fraction of sp³-hybridized carbons (Fsp3) is 0. The largest absolute Gasteiger partial charge is 0.459 e. The summed E-state index contributed by atoms with van der Waals surface area (Å²) in [6.45, 7) is 6.69. The lowest BCUT2D eigenvalue weighted by atomic mass is 10.0. The van der Waals surface area contributed by atoms with Crippen LogP contribution in [0.15, 0.2) is 104 Å². The molecule has 0 aliphatic carbocycles. The molecule has 0 saturated heterocycles. The average molecular weight is 474 g/mol. The Kier molecular flexibility index (Phi) is 8.45. The van der Waals surface area contributed by atoms with E-state index in [1.165, 1.54) is 0 Å². The summed E-state index contributed by atoms with van der Waals surface area (Å²) in [5, 5.41) is 0. The van der Waals surface area contributed by atoms with Crippen molar-refractivity contribution in [3.05, 3.63) is 116 Å². The molecule has 5 nitrogen and oxygen atoms in total. The molecule has 0 aliphatic heterocycles. The SMILES string of the molecule is C=CC(=O)Oc1ccc(/C=C/c2ccc(-c3ccc(OC(=O)C=C)cc3)c(OC=C(F)F)c2)cc1. The van der Waals surface area contributed by atoms with Crippen molar-refractivity contribution in [2.75, 3.05) is 0 Å². The normalized spacial score (nSPS) is 10.3. The molecule has 0 bridgehead atoms. The van der Waals surface area contributed by atoms with Gasteiger partial charge in [-0.05, 0) is 47.0 Å². The van der Waals surface area contributed by atoms with Crippen molar-refractivity contribution >= 4 is 24.1 Å². The van der Waals surface area contributed by atoms with Crippen molar-refractivity contribution in [2.45, 2.75) is 0 Å². The lowest BCUT2D eigenvalue weighted by Gasteiger charge is -2.11. The van der Waals surface area contributed by atoms with Gasteiger partial charge in [0.1, 0.15) is 17.2 Å². The van der Waals surface area contributed by atoms with Gasteiger partial charge < -0.3 is 14.2 Å². The van der Waals surface area contributed by atoms with E-state index in [9.17, 15) is 18.4 Å². The van der Waals surface area contributed by atoms with Crippen LogP contribution in [-0.2, 0) is 9.59 Å². The first-order chi connectivity index (χ1) is 16.9. The summed E-state index contributed by atoms with van der Waals surface area (Å²) in [5.74, 6) is -0.221. The minimum atomic E-state index is -1.97. The summed E-state index contributed by atoms with van der Waals surface area (Å²) in [6, 6.07) is 18.5. The van der Waals surface area contributed by atoms with Gasteiger partial charge in [0.25, 0.3) is 0 Å². The fourth-order valence-corrected chi connectivity index (χ4v) is 2.94. The third kappa shape index (κ3) is 7.36. The smallest absolute Gasteiger partial charge is 0.335 e. The number of hydrogen-bond acceptors (Lipinski definition) is 5. The highest BCUT2D eigenvalue weighted by Gasteiger charge is 2.09. The van der Waals surface area contributed by atoms with E-state index in [0.717, 1.165) is 17.7 Å². The van der Waals surface area contributed by atoms with E-state index in [2.05, 4.69) is 13.2 Å².